The third-order valence-electron chi connectivity index (χ3n) is 6.71. The zero-order valence-electron chi connectivity index (χ0n) is 21.9. The Hall–Kier alpha value is -3.80. The smallest absolute Gasteiger partial charge is 0.406 e. The molecule has 4 rings (SSSR count). The molecule has 1 aliphatic carbocycles. The average Bonchev–Trinajstić information content (AvgIpc) is 3.24. The lowest BCUT2D eigenvalue weighted by atomic mass is 9.88. The topological polar surface area (TPSA) is 97.7 Å². The number of aryl methyl sites for hydroxylation is 1. The lowest BCUT2D eigenvalue weighted by Gasteiger charge is -2.26. The maximum atomic E-state index is 13.0. The average molecular weight is 548 g/mol. The fraction of sp³-hybridized carbons (Fsp3) is 0.444. The maximum Gasteiger partial charge on any atom is 0.573 e. The molecule has 1 aliphatic rings. The first-order valence-corrected chi connectivity index (χ1v) is 12.9. The number of nitrogens with one attached hydrogen (secondary N) is 2. The van der Waals surface area contributed by atoms with Crippen molar-refractivity contribution in [3.63, 3.8) is 0 Å². The molecular weight excluding hydrogens is 515 g/mol. The molecule has 0 radical (unpaired) electrons. The van der Waals surface area contributed by atoms with E-state index in [-0.39, 0.29) is 23.5 Å². The number of nitrogens with zero attached hydrogens (tertiary/aromatic N) is 3. The molecule has 12 heteroatoms. The molecule has 1 aromatic heterocycles. The molecule has 2 aromatic carbocycles. The van der Waals surface area contributed by atoms with Gasteiger partial charge in [0.2, 0.25) is 11.9 Å². The number of ether oxygens (including phenoxy) is 2. The Balaban J connectivity index is 1.51. The normalized spacial score (nSPS) is 14.3. The SMILES string of the molecule is COCCCn1c(NC(=O)Nc2ccc(OC(F)(F)F)cc2)nc2cc(N(C)C(=O)C3CCCCC3)ccc21. The van der Waals surface area contributed by atoms with Gasteiger partial charge in [0.15, 0.2) is 0 Å². The van der Waals surface area contributed by atoms with Crippen LogP contribution in [0.3, 0.4) is 0 Å². The minimum atomic E-state index is -4.80. The van der Waals surface area contributed by atoms with Gasteiger partial charge >= 0.3 is 12.4 Å². The molecule has 0 aliphatic heterocycles. The van der Waals surface area contributed by atoms with Crippen molar-refractivity contribution in [3.05, 3.63) is 42.5 Å². The molecule has 2 N–H and O–H groups in total. The summed E-state index contributed by atoms with van der Waals surface area (Å²) in [5.74, 6) is 0.0178. The molecule has 1 saturated carbocycles. The fourth-order valence-corrected chi connectivity index (χ4v) is 4.77. The second-order valence-corrected chi connectivity index (χ2v) is 9.49. The minimum absolute atomic E-state index is 0.0288. The van der Waals surface area contributed by atoms with Crippen LogP contribution >= 0.6 is 0 Å². The summed E-state index contributed by atoms with van der Waals surface area (Å²) in [7, 11) is 3.38. The number of carbonyl (C=O) groups excluding carboxylic acids is 2. The van der Waals surface area contributed by atoms with Crippen molar-refractivity contribution in [3.8, 4) is 5.75 Å². The van der Waals surface area contributed by atoms with Crippen molar-refractivity contribution in [1.29, 1.82) is 0 Å². The van der Waals surface area contributed by atoms with Gasteiger partial charge in [-0.15, -0.1) is 13.2 Å². The number of hydrogen-bond acceptors (Lipinski definition) is 5. The highest BCUT2D eigenvalue weighted by Gasteiger charge is 2.31. The van der Waals surface area contributed by atoms with Gasteiger partial charge in [0.25, 0.3) is 0 Å². The zero-order chi connectivity index (χ0) is 28.0. The molecule has 0 saturated heterocycles. The number of hydrogen-bond donors (Lipinski definition) is 2. The number of imidazole rings is 1. The second-order valence-electron chi connectivity index (χ2n) is 9.49. The Kier molecular flexibility index (Phi) is 8.95. The largest absolute Gasteiger partial charge is 0.573 e. The van der Waals surface area contributed by atoms with Gasteiger partial charge in [0.05, 0.1) is 11.0 Å². The molecule has 39 heavy (non-hydrogen) atoms. The Labute approximate surface area is 224 Å². The number of aromatic nitrogens is 2. The number of fused-ring (bicyclic) bond motifs is 1. The first-order chi connectivity index (χ1) is 18.6. The predicted molar refractivity (Wildman–Crippen MR) is 142 cm³/mol. The van der Waals surface area contributed by atoms with E-state index in [1.807, 2.05) is 22.8 Å². The van der Waals surface area contributed by atoms with Crippen LogP contribution in [0.4, 0.5) is 35.3 Å². The Morgan fingerprint density at radius 1 is 1.08 bits per heavy atom. The van der Waals surface area contributed by atoms with E-state index >= 15 is 0 Å². The van der Waals surface area contributed by atoms with Crippen molar-refractivity contribution in [2.45, 2.75) is 51.4 Å². The lowest BCUT2D eigenvalue weighted by Crippen LogP contribution is -2.33. The van der Waals surface area contributed by atoms with Gasteiger partial charge < -0.3 is 24.3 Å². The van der Waals surface area contributed by atoms with Crippen LogP contribution in [0.1, 0.15) is 38.5 Å². The first-order valence-electron chi connectivity index (χ1n) is 12.9. The second kappa shape index (κ2) is 12.4. The Morgan fingerprint density at radius 2 is 1.79 bits per heavy atom. The quantitative estimate of drug-likeness (QED) is 0.313. The summed E-state index contributed by atoms with van der Waals surface area (Å²) in [5.41, 5.74) is 2.38. The molecular formula is C27H32F3N5O4. The van der Waals surface area contributed by atoms with E-state index in [0.717, 1.165) is 49.0 Å². The van der Waals surface area contributed by atoms with Gasteiger partial charge in [-0.25, -0.2) is 9.78 Å². The maximum absolute atomic E-state index is 13.0. The third kappa shape index (κ3) is 7.41. The molecule has 0 unspecified atom stereocenters. The predicted octanol–water partition coefficient (Wildman–Crippen LogP) is 6.16. The van der Waals surface area contributed by atoms with Crippen molar-refractivity contribution in [1.82, 2.24) is 9.55 Å². The van der Waals surface area contributed by atoms with Gasteiger partial charge in [0, 0.05) is 44.6 Å². The van der Waals surface area contributed by atoms with Gasteiger partial charge in [-0.05, 0) is 61.7 Å². The number of rotatable bonds is 9. The number of carbonyl (C=O) groups is 2. The summed E-state index contributed by atoms with van der Waals surface area (Å²) < 4.78 is 48.0. The van der Waals surface area contributed by atoms with Crippen LogP contribution in [0.2, 0.25) is 0 Å². The van der Waals surface area contributed by atoms with Crippen LogP contribution in [-0.2, 0) is 16.1 Å². The summed E-state index contributed by atoms with van der Waals surface area (Å²) in [6, 6.07) is 9.76. The summed E-state index contributed by atoms with van der Waals surface area (Å²) in [5, 5.41) is 5.30. The third-order valence-corrected chi connectivity index (χ3v) is 6.71. The van der Waals surface area contributed by atoms with E-state index in [2.05, 4.69) is 20.4 Å². The number of urea groups is 1. The van der Waals surface area contributed by atoms with Crippen molar-refractivity contribution < 1.29 is 32.2 Å². The van der Waals surface area contributed by atoms with Gasteiger partial charge in [0.1, 0.15) is 5.75 Å². The van der Waals surface area contributed by atoms with Crippen LogP contribution in [0.5, 0.6) is 5.75 Å². The highest BCUT2D eigenvalue weighted by Crippen LogP contribution is 2.30. The number of benzene rings is 2. The Morgan fingerprint density at radius 3 is 2.46 bits per heavy atom. The van der Waals surface area contributed by atoms with Crippen molar-refractivity contribution in [2.24, 2.45) is 5.92 Å². The van der Waals surface area contributed by atoms with E-state index in [0.29, 0.717) is 25.1 Å². The summed E-state index contributed by atoms with van der Waals surface area (Å²) in [6.07, 6.45) is 0.977. The molecule has 0 spiro atoms. The summed E-state index contributed by atoms with van der Waals surface area (Å²) in [6.45, 7) is 1.02. The number of amides is 3. The van der Waals surface area contributed by atoms with Gasteiger partial charge in [-0.3, -0.25) is 10.1 Å². The lowest BCUT2D eigenvalue weighted by molar-refractivity contribution is -0.274. The number of anilines is 3. The number of halogens is 3. The van der Waals surface area contributed by atoms with Crippen LogP contribution in [0.25, 0.3) is 11.0 Å². The highest BCUT2D eigenvalue weighted by atomic mass is 19.4. The molecule has 3 aromatic rings. The van der Waals surface area contributed by atoms with E-state index in [9.17, 15) is 22.8 Å². The first kappa shape index (κ1) is 28.2. The molecule has 210 valence electrons. The van der Waals surface area contributed by atoms with E-state index < -0.39 is 18.1 Å². The van der Waals surface area contributed by atoms with Gasteiger partial charge in [-0.2, -0.15) is 0 Å². The minimum Gasteiger partial charge on any atom is -0.406 e. The van der Waals surface area contributed by atoms with E-state index in [1.54, 1.807) is 19.1 Å². The van der Waals surface area contributed by atoms with Gasteiger partial charge in [-0.1, -0.05) is 19.3 Å². The molecule has 1 fully saturated rings. The van der Waals surface area contributed by atoms with Crippen LogP contribution < -0.4 is 20.3 Å². The van der Waals surface area contributed by atoms with Crippen molar-refractivity contribution in [2.75, 3.05) is 36.3 Å². The molecule has 0 atom stereocenters. The molecule has 1 heterocycles. The van der Waals surface area contributed by atoms with Crippen molar-refractivity contribution >= 4 is 40.3 Å². The highest BCUT2D eigenvalue weighted by molar-refractivity contribution is 6.00. The Bertz CT molecular complexity index is 1290. The zero-order valence-corrected chi connectivity index (χ0v) is 21.9. The van der Waals surface area contributed by atoms with Crippen LogP contribution in [0.15, 0.2) is 42.5 Å². The van der Waals surface area contributed by atoms with E-state index in [4.69, 9.17) is 4.74 Å². The molecule has 9 nitrogen and oxygen atoms in total. The molecule has 3 amide bonds. The number of methoxy groups -OCH3 is 1. The number of alkyl halides is 3. The monoisotopic (exact) mass is 547 g/mol. The van der Waals surface area contributed by atoms with Crippen LogP contribution in [0, 0.1) is 5.92 Å². The van der Waals surface area contributed by atoms with E-state index in [1.165, 1.54) is 18.6 Å². The summed E-state index contributed by atoms with van der Waals surface area (Å²) >= 11 is 0. The van der Waals surface area contributed by atoms with Crippen LogP contribution in [-0.4, -0.2) is 48.6 Å². The standard InChI is InChI=1S/C27H32F3N5O4/c1-34(24(36)18-7-4-3-5-8-18)20-11-14-23-22(17-20)32-25(35(23)15-6-16-38-2)33-26(37)31-19-9-12-21(13-10-19)39-27(28,29)30/h9-14,17-18H,3-8,15-16H2,1-2H3,(H2,31,32,33,37). The fourth-order valence-electron chi connectivity index (χ4n) is 4.77. The summed E-state index contributed by atoms with van der Waals surface area (Å²) in [4.78, 5) is 32.1. The molecule has 0 bridgehead atoms.